The van der Waals surface area contributed by atoms with Gasteiger partial charge in [-0.1, -0.05) is 66.4 Å². The first-order valence-corrected chi connectivity index (χ1v) is 12.1. The molecule has 0 spiro atoms. The molecule has 9 heteroatoms. The van der Waals surface area contributed by atoms with Gasteiger partial charge >= 0.3 is 0 Å². The molecular weight excluding hydrogens is 446 g/mol. The summed E-state index contributed by atoms with van der Waals surface area (Å²) in [6.07, 6.45) is -0.119. The topological polar surface area (TPSA) is 95.9 Å². The summed E-state index contributed by atoms with van der Waals surface area (Å²) >= 11 is 0.969. The predicted octanol–water partition coefficient (Wildman–Crippen LogP) is 3.91. The van der Waals surface area contributed by atoms with E-state index in [0.717, 1.165) is 11.8 Å². The third-order valence-corrected chi connectivity index (χ3v) is 7.15. The highest BCUT2D eigenvalue weighted by molar-refractivity contribution is 8.16. The monoisotopic (exact) mass is 465 g/mol. The number of sulfonamides is 1. The van der Waals surface area contributed by atoms with Crippen molar-refractivity contribution in [2.75, 3.05) is 10.2 Å². The van der Waals surface area contributed by atoms with Gasteiger partial charge in [0.25, 0.3) is 10.0 Å². The molecule has 1 atom stereocenters. The van der Waals surface area contributed by atoms with Crippen LogP contribution in [-0.4, -0.2) is 30.6 Å². The van der Waals surface area contributed by atoms with E-state index in [-0.39, 0.29) is 22.4 Å². The number of hydrogen-bond donors (Lipinski definition) is 1. The standard InChI is InChI=1S/C23H19N3O4S2/c27-21(24-17-10-4-1-5-11-17)16-20-22(28)26(18-12-6-2-7-13-18)23(31-20)25-32(29,30)19-14-8-3-9-15-19/h1-15,20H,16H2,(H,24,27). The lowest BCUT2D eigenvalue weighted by molar-refractivity contribution is -0.121. The maximum absolute atomic E-state index is 13.2. The molecule has 1 aliphatic rings. The van der Waals surface area contributed by atoms with Crippen molar-refractivity contribution in [3.63, 3.8) is 0 Å². The van der Waals surface area contributed by atoms with Gasteiger partial charge in [0, 0.05) is 12.1 Å². The Labute approximate surface area is 190 Å². The molecule has 1 saturated heterocycles. The number of thioether (sulfide) groups is 1. The Morgan fingerprint density at radius 3 is 2.09 bits per heavy atom. The summed E-state index contributed by atoms with van der Waals surface area (Å²) < 4.78 is 29.6. The Hall–Kier alpha value is -3.43. The molecule has 7 nitrogen and oxygen atoms in total. The van der Waals surface area contributed by atoms with Gasteiger partial charge in [0.05, 0.1) is 10.6 Å². The SMILES string of the molecule is O=C(CC1SC(=NS(=O)(=O)c2ccccc2)N(c2ccccc2)C1=O)Nc1ccccc1. The van der Waals surface area contributed by atoms with E-state index < -0.39 is 21.2 Å². The molecule has 1 heterocycles. The predicted molar refractivity (Wildman–Crippen MR) is 126 cm³/mol. The average molecular weight is 466 g/mol. The zero-order valence-corrected chi connectivity index (χ0v) is 18.4. The van der Waals surface area contributed by atoms with E-state index in [1.165, 1.54) is 17.0 Å². The minimum Gasteiger partial charge on any atom is -0.326 e. The Balaban J connectivity index is 1.63. The van der Waals surface area contributed by atoms with Gasteiger partial charge in [0.2, 0.25) is 11.8 Å². The van der Waals surface area contributed by atoms with Gasteiger partial charge in [-0.3, -0.25) is 14.5 Å². The van der Waals surface area contributed by atoms with Crippen molar-refractivity contribution >= 4 is 50.1 Å². The Bertz CT molecular complexity index is 1250. The zero-order valence-electron chi connectivity index (χ0n) is 16.8. The molecule has 1 fully saturated rings. The molecule has 3 aromatic carbocycles. The van der Waals surface area contributed by atoms with Gasteiger partial charge in [-0.05, 0) is 36.4 Å². The summed E-state index contributed by atoms with van der Waals surface area (Å²) in [6.45, 7) is 0. The fraction of sp³-hybridized carbons (Fsp3) is 0.0870. The molecule has 3 aromatic rings. The fourth-order valence-corrected chi connectivity index (χ4v) is 5.48. The summed E-state index contributed by atoms with van der Waals surface area (Å²) in [7, 11) is -4.04. The lowest BCUT2D eigenvalue weighted by atomic mass is 10.2. The Kier molecular flexibility index (Phi) is 6.38. The largest absolute Gasteiger partial charge is 0.326 e. The van der Waals surface area contributed by atoms with Gasteiger partial charge in [-0.2, -0.15) is 8.42 Å². The average Bonchev–Trinajstić information content (AvgIpc) is 3.09. The van der Waals surface area contributed by atoms with Crippen LogP contribution in [-0.2, 0) is 19.6 Å². The van der Waals surface area contributed by atoms with Crippen LogP contribution in [0.15, 0.2) is 100 Å². The number of nitrogens with one attached hydrogen (secondary N) is 1. The van der Waals surface area contributed by atoms with E-state index in [9.17, 15) is 18.0 Å². The van der Waals surface area contributed by atoms with Crippen molar-refractivity contribution in [1.82, 2.24) is 0 Å². The first-order valence-electron chi connectivity index (χ1n) is 9.75. The first kappa shape index (κ1) is 21.8. The third kappa shape index (κ3) is 4.90. The molecule has 0 saturated carbocycles. The Morgan fingerprint density at radius 2 is 1.47 bits per heavy atom. The van der Waals surface area contributed by atoms with Crippen LogP contribution < -0.4 is 10.2 Å². The minimum atomic E-state index is -4.04. The van der Waals surface area contributed by atoms with E-state index in [4.69, 9.17) is 0 Å². The molecule has 2 amide bonds. The molecule has 1 aliphatic heterocycles. The van der Waals surface area contributed by atoms with Crippen molar-refractivity contribution in [1.29, 1.82) is 0 Å². The maximum Gasteiger partial charge on any atom is 0.284 e. The van der Waals surface area contributed by atoms with Gasteiger partial charge < -0.3 is 5.32 Å². The highest BCUT2D eigenvalue weighted by Gasteiger charge is 2.41. The van der Waals surface area contributed by atoms with Crippen molar-refractivity contribution in [2.45, 2.75) is 16.6 Å². The molecule has 4 rings (SSSR count). The van der Waals surface area contributed by atoms with Crippen LogP contribution in [0, 0.1) is 0 Å². The molecule has 0 radical (unpaired) electrons. The minimum absolute atomic E-state index is 0.0163. The molecule has 0 aliphatic carbocycles. The van der Waals surface area contributed by atoms with E-state index in [1.54, 1.807) is 72.8 Å². The van der Waals surface area contributed by atoms with Crippen LogP contribution in [0.3, 0.4) is 0 Å². The lowest BCUT2D eigenvalue weighted by Crippen LogP contribution is -2.33. The number of amides is 2. The van der Waals surface area contributed by atoms with Gasteiger partial charge in [-0.25, -0.2) is 0 Å². The number of benzene rings is 3. The van der Waals surface area contributed by atoms with Crippen molar-refractivity contribution in [2.24, 2.45) is 4.40 Å². The van der Waals surface area contributed by atoms with Crippen molar-refractivity contribution in [3.05, 3.63) is 91.0 Å². The number of amidine groups is 1. The normalized spacial score (nSPS) is 17.5. The highest BCUT2D eigenvalue weighted by atomic mass is 32.2. The number of rotatable bonds is 6. The number of para-hydroxylation sites is 2. The van der Waals surface area contributed by atoms with Crippen LogP contribution in [0.25, 0.3) is 0 Å². The lowest BCUT2D eigenvalue weighted by Gasteiger charge is -2.16. The fourth-order valence-electron chi connectivity index (χ4n) is 3.12. The molecule has 0 aromatic heterocycles. The molecule has 1 unspecified atom stereocenters. The smallest absolute Gasteiger partial charge is 0.284 e. The first-order chi connectivity index (χ1) is 15.4. The van der Waals surface area contributed by atoms with Gasteiger partial charge in [-0.15, -0.1) is 4.40 Å². The van der Waals surface area contributed by atoms with Crippen LogP contribution in [0.4, 0.5) is 11.4 Å². The zero-order chi connectivity index (χ0) is 22.6. The molecule has 1 N–H and O–H groups in total. The van der Waals surface area contributed by atoms with Crippen molar-refractivity contribution < 1.29 is 18.0 Å². The summed E-state index contributed by atoms with van der Waals surface area (Å²) in [4.78, 5) is 27.0. The molecule has 32 heavy (non-hydrogen) atoms. The summed E-state index contributed by atoms with van der Waals surface area (Å²) in [5.74, 6) is -0.742. The number of hydrogen-bond acceptors (Lipinski definition) is 5. The van der Waals surface area contributed by atoms with Gasteiger partial charge in [0.15, 0.2) is 5.17 Å². The number of carbonyl (C=O) groups excluding carboxylic acids is 2. The molecule has 162 valence electrons. The van der Waals surface area contributed by atoms with E-state index >= 15 is 0 Å². The van der Waals surface area contributed by atoms with Crippen LogP contribution in [0.1, 0.15) is 6.42 Å². The maximum atomic E-state index is 13.2. The number of carbonyl (C=O) groups is 2. The second-order valence-corrected chi connectivity index (χ2v) is 9.67. The van der Waals surface area contributed by atoms with E-state index in [2.05, 4.69) is 9.71 Å². The summed E-state index contributed by atoms with van der Waals surface area (Å²) in [5, 5.41) is 1.97. The molecule has 0 bridgehead atoms. The van der Waals surface area contributed by atoms with E-state index in [0.29, 0.717) is 11.4 Å². The Morgan fingerprint density at radius 1 is 0.906 bits per heavy atom. The van der Waals surface area contributed by atoms with Gasteiger partial charge in [0.1, 0.15) is 5.25 Å². The van der Waals surface area contributed by atoms with Crippen LogP contribution >= 0.6 is 11.8 Å². The third-order valence-electron chi connectivity index (χ3n) is 4.62. The van der Waals surface area contributed by atoms with Crippen LogP contribution in [0.2, 0.25) is 0 Å². The second-order valence-electron chi connectivity index (χ2n) is 6.90. The van der Waals surface area contributed by atoms with Crippen molar-refractivity contribution in [3.8, 4) is 0 Å². The quantitative estimate of drug-likeness (QED) is 0.596. The summed E-state index contributed by atoms with van der Waals surface area (Å²) in [6, 6.07) is 25.4. The van der Waals surface area contributed by atoms with E-state index in [1.807, 2.05) is 6.07 Å². The highest BCUT2D eigenvalue weighted by Crippen LogP contribution is 2.35. The van der Waals surface area contributed by atoms with Crippen LogP contribution in [0.5, 0.6) is 0 Å². The molecular formula is C23H19N3O4S2. The summed E-state index contributed by atoms with van der Waals surface area (Å²) in [5.41, 5.74) is 1.10. The number of anilines is 2. The number of nitrogens with zero attached hydrogens (tertiary/aromatic N) is 2. The second kappa shape index (κ2) is 9.37.